The zero-order chi connectivity index (χ0) is 15.4. The van der Waals surface area contributed by atoms with Crippen LogP contribution in [-0.2, 0) is 12.1 Å². The number of hydrogen-bond acceptors (Lipinski definition) is 3. The Bertz CT molecular complexity index is 612. The molecule has 1 aliphatic carbocycles. The number of aromatic nitrogens is 2. The monoisotopic (exact) mass is 297 g/mol. The third kappa shape index (κ3) is 3.29. The summed E-state index contributed by atoms with van der Waals surface area (Å²) in [5.41, 5.74) is 1.54. The summed E-state index contributed by atoms with van der Waals surface area (Å²) >= 11 is 0. The molecular weight excluding hydrogens is 274 g/mol. The molecule has 3 rings (SSSR count). The summed E-state index contributed by atoms with van der Waals surface area (Å²) in [6.07, 6.45) is 9.11. The first-order valence-corrected chi connectivity index (χ1v) is 7.86. The summed E-state index contributed by atoms with van der Waals surface area (Å²) in [5.74, 6) is 0. The Balaban J connectivity index is 1.52. The van der Waals surface area contributed by atoms with Crippen molar-refractivity contribution in [2.24, 2.45) is 0 Å². The van der Waals surface area contributed by atoms with Gasteiger partial charge in [0.05, 0.1) is 11.8 Å². The van der Waals surface area contributed by atoms with Gasteiger partial charge in [-0.25, -0.2) is 4.68 Å². The van der Waals surface area contributed by atoms with Crippen LogP contribution in [0.25, 0.3) is 6.20 Å². The summed E-state index contributed by atoms with van der Waals surface area (Å²) in [7, 11) is 0. The number of benzene rings is 1. The Morgan fingerprint density at radius 3 is 2.68 bits per heavy atom. The molecule has 0 atom stereocenters. The van der Waals surface area contributed by atoms with Crippen LogP contribution in [0, 0.1) is 0 Å². The molecule has 0 saturated heterocycles. The topological polar surface area (TPSA) is 50.1 Å². The molecule has 0 bridgehead atoms. The quantitative estimate of drug-likeness (QED) is 0.892. The maximum absolute atomic E-state index is 10.8. The first-order chi connectivity index (χ1) is 10.7. The molecule has 0 aliphatic heterocycles. The Morgan fingerprint density at radius 2 is 2.05 bits per heavy atom. The lowest BCUT2D eigenvalue weighted by atomic mass is 9.78. The minimum atomic E-state index is -0.660. The second-order valence-electron chi connectivity index (χ2n) is 6.06. The van der Waals surface area contributed by atoms with Crippen molar-refractivity contribution in [2.45, 2.75) is 43.9 Å². The highest BCUT2D eigenvalue weighted by atomic mass is 16.3. The van der Waals surface area contributed by atoms with Crippen molar-refractivity contribution in [2.75, 3.05) is 0 Å². The number of nitrogens with zero attached hydrogens (tertiary/aromatic N) is 2. The van der Waals surface area contributed by atoms with Gasteiger partial charge in [0.25, 0.3) is 0 Å². The molecule has 1 aromatic heterocycles. The van der Waals surface area contributed by atoms with Crippen molar-refractivity contribution in [3.63, 3.8) is 0 Å². The highest BCUT2D eigenvalue weighted by Gasteiger charge is 2.34. The van der Waals surface area contributed by atoms with Gasteiger partial charge in [-0.3, -0.25) is 0 Å². The van der Waals surface area contributed by atoms with Gasteiger partial charge in [-0.1, -0.05) is 36.9 Å². The minimum absolute atomic E-state index is 0.455. The smallest absolute Gasteiger partial charge is 0.0897 e. The van der Waals surface area contributed by atoms with Gasteiger partial charge in [-0.15, -0.1) is 0 Å². The van der Waals surface area contributed by atoms with E-state index in [0.717, 1.165) is 43.4 Å². The predicted octanol–water partition coefficient (Wildman–Crippen LogP) is 2.90. The van der Waals surface area contributed by atoms with Crippen molar-refractivity contribution < 1.29 is 5.11 Å². The van der Waals surface area contributed by atoms with Crippen molar-refractivity contribution >= 4 is 6.20 Å². The zero-order valence-electron chi connectivity index (χ0n) is 12.8. The molecule has 1 aromatic carbocycles. The second-order valence-corrected chi connectivity index (χ2v) is 6.06. The number of rotatable bonds is 5. The lowest BCUT2D eigenvalue weighted by Gasteiger charge is -2.36. The molecule has 0 amide bonds. The fourth-order valence-electron chi connectivity index (χ4n) is 3.17. The van der Waals surface area contributed by atoms with Gasteiger partial charge in [0.1, 0.15) is 0 Å². The van der Waals surface area contributed by atoms with Crippen LogP contribution in [0.5, 0.6) is 0 Å². The van der Waals surface area contributed by atoms with E-state index in [0.29, 0.717) is 6.04 Å². The third-order valence-electron chi connectivity index (χ3n) is 4.56. The maximum Gasteiger partial charge on any atom is 0.0897 e. The highest BCUT2D eigenvalue weighted by molar-refractivity contribution is 5.23. The molecule has 0 unspecified atom stereocenters. The zero-order valence-corrected chi connectivity index (χ0v) is 12.8. The number of nitrogens with one attached hydrogen (secondary N) is 1. The molecule has 4 heteroatoms. The molecule has 2 aromatic rings. The van der Waals surface area contributed by atoms with Crippen LogP contribution in [-0.4, -0.2) is 20.9 Å². The van der Waals surface area contributed by atoms with Gasteiger partial charge in [-0.05, 0) is 31.2 Å². The van der Waals surface area contributed by atoms with E-state index in [9.17, 15) is 5.11 Å². The van der Waals surface area contributed by atoms with Crippen LogP contribution in [0.1, 0.15) is 36.8 Å². The Morgan fingerprint density at radius 1 is 1.32 bits per heavy atom. The first-order valence-electron chi connectivity index (χ1n) is 7.86. The van der Waals surface area contributed by atoms with E-state index in [1.807, 2.05) is 42.7 Å². The van der Waals surface area contributed by atoms with E-state index in [1.165, 1.54) is 0 Å². The van der Waals surface area contributed by atoms with Crippen molar-refractivity contribution in [1.82, 2.24) is 15.1 Å². The van der Waals surface area contributed by atoms with E-state index in [1.54, 1.807) is 10.9 Å². The van der Waals surface area contributed by atoms with E-state index < -0.39 is 5.60 Å². The van der Waals surface area contributed by atoms with Crippen molar-refractivity contribution in [3.8, 4) is 0 Å². The van der Waals surface area contributed by atoms with Gasteiger partial charge in [0, 0.05) is 30.5 Å². The van der Waals surface area contributed by atoms with Crippen LogP contribution in [0.15, 0.2) is 49.3 Å². The van der Waals surface area contributed by atoms with Crippen molar-refractivity contribution in [3.05, 3.63) is 60.4 Å². The Labute approximate surface area is 131 Å². The molecular formula is C18H23N3O. The Kier molecular flexibility index (Phi) is 4.41. The van der Waals surface area contributed by atoms with Gasteiger partial charge >= 0.3 is 0 Å². The van der Waals surface area contributed by atoms with Gasteiger partial charge in [-0.2, -0.15) is 5.10 Å². The number of hydrogen-bond donors (Lipinski definition) is 2. The largest absolute Gasteiger partial charge is 0.385 e. The molecule has 0 radical (unpaired) electrons. The molecule has 4 nitrogen and oxygen atoms in total. The maximum atomic E-state index is 10.8. The standard InChI is InChI=1S/C18H23N3O/c1-2-21-14-15(13-20-21)12-19-17-8-10-18(22,11-9-17)16-6-4-3-5-7-16/h2-7,13-14,17,19,22H,1,8-12H2. The third-order valence-corrected chi connectivity index (χ3v) is 4.56. The molecule has 1 saturated carbocycles. The lowest BCUT2D eigenvalue weighted by molar-refractivity contribution is -0.00847. The van der Waals surface area contributed by atoms with Crippen LogP contribution < -0.4 is 5.32 Å². The molecule has 116 valence electrons. The lowest BCUT2D eigenvalue weighted by Crippen LogP contribution is -2.39. The fourth-order valence-corrected chi connectivity index (χ4v) is 3.17. The van der Waals surface area contributed by atoms with E-state index >= 15 is 0 Å². The van der Waals surface area contributed by atoms with Gasteiger partial charge < -0.3 is 10.4 Å². The molecule has 1 fully saturated rings. The predicted molar refractivity (Wildman–Crippen MR) is 88.0 cm³/mol. The van der Waals surface area contributed by atoms with Crippen molar-refractivity contribution in [1.29, 1.82) is 0 Å². The molecule has 1 heterocycles. The molecule has 22 heavy (non-hydrogen) atoms. The SMILES string of the molecule is C=Cn1cc(CNC2CCC(O)(c3ccccc3)CC2)cn1. The van der Waals surface area contributed by atoms with Crippen LogP contribution in [0.4, 0.5) is 0 Å². The average molecular weight is 297 g/mol. The van der Waals surface area contributed by atoms with E-state index in [-0.39, 0.29) is 0 Å². The normalized spacial score (nSPS) is 25.0. The van der Waals surface area contributed by atoms with Gasteiger partial charge in [0.2, 0.25) is 0 Å². The minimum Gasteiger partial charge on any atom is -0.385 e. The van der Waals surface area contributed by atoms with Crippen LogP contribution in [0.3, 0.4) is 0 Å². The van der Waals surface area contributed by atoms with Crippen LogP contribution >= 0.6 is 0 Å². The summed E-state index contributed by atoms with van der Waals surface area (Å²) in [4.78, 5) is 0. The molecule has 0 spiro atoms. The summed E-state index contributed by atoms with van der Waals surface area (Å²) in [6, 6.07) is 10.5. The second kappa shape index (κ2) is 6.46. The highest BCUT2D eigenvalue weighted by Crippen LogP contribution is 2.36. The van der Waals surface area contributed by atoms with Gasteiger partial charge in [0.15, 0.2) is 0 Å². The summed E-state index contributed by atoms with van der Waals surface area (Å²) in [6.45, 7) is 4.50. The van der Waals surface area contributed by atoms with Crippen LogP contribution in [0.2, 0.25) is 0 Å². The van der Waals surface area contributed by atoms with E-state index in [2.05, 4.69) is 17.0 Å². The summed E-state index contributed by atoms with van der Waals surface area (Å²) in [5, 5.41) is 18.6. The summed E-state index contributed by atoms with van der Waals surface area (Å²) < 4.78 is 1.71. The first kappa shape index (κ1) is 15.0. The molecule has 2 N–H and O–H groups in total. The Hall–Kier alpha value is -1.91. The average Bonchev–Trinajstić information content (AvgIpc) is 3.03. The fraction of sp³-hybridized carbons (Fsp3) is 0.389. The number of aliphatic hydroxyl groups is 1. The van der Waals surface area contributed by atoms with E-state index in [4.69, 9.17) is 0 Å². The molecule has 1 aliphatic rings.